The molecule has 15 heavy (non-hydrogen) atoms. The number of aromatic nitrogens is 1. The van der Waals surface area contributed by atoms with Crippen molar-refractivity contribution in [2.45, 2.75) is 20.8 Å². The summed E-state index contributed by atoms with van der Waals surface area (Å²) in [5.74, 6) is 0.388. The van der Waals surface area contributed by atoms with Crippen molar-refractivity contribution in [3.05, 3.63) is 35.0 Å². The van der Waals surface area contributed by atoms with E-state index in [0.717, 1.165) is 16.8 Å². The molecule has 2 N–H and O–H groups in total. The molecule has 0 unspecified atom stereocenters. The molecule has 0 atom stereocenters. The highest BCUT2D eigenvalue weighted by molar-refractivity contribution is 5.77. The van der Waals surface area contributed by atoms with E-state index in [9.17, 15) is 0 Å². The average Bonchev–Trinajstić information content (AvgIpc) is 2.48. The van der Waals surface area contributed by atoms with Gasteiger partial charge in [0.15, 0.2) is 0 Å². The number of nitrogens with zero attached hydrogens (tertiary/aromatic N) is 1. The fourth-order valence-electron chi connectivity index (χ4n) is 1.81. The number of benzene rings is 1. The van der Waals surface area contributed by atoms with Crippen molar-refractivity contribution in [3.63, 3.8) is 0 Å². The Labute approximate surface area is 88.9 Å². The van der Waals surface area contributed by atoms with Gasteiger partial charge >= 0.3 is 0 Å². The zero-order valence-corrected chi connectivity index (χ0v) is 9.16. The first-order chi connectivity index (χ1) is 7.09. The summed E-state index contributed by atoms with van der Waals surface area (Å²) in [7, 11) is 0. The van der Waals surface area contributed by atoms with Gasteiger partial charge in [-0.15, -0.1) is 0 Å². The Morgan fingerprint density at radius 1 is 1.20 bits per heavy atom. The Bertz CT molecular complexity index is 481. The summed E-state index contributed by atoms with van der Waals surface area (Å²) in [5.41, 5.74) is 11.0. The summed E-state index contributed by atoms with van der Waals surface area (Å²) >= 11 is 0. The lowest BCUT2D eigenvalue weighted by Gasteiger charge is -2.05. The number of hydrogen-bond acceptors (Lipinski definition) is 3. The van der Waals surface area contributed by atoms with E-state index >= 15 is 0 Å². The topological polar surface area (TPSA) is 52.0 Å². The number of rotatable bonds is 1. The number of anilines is 1. The van der Waals surface area contributed by atoms with E-state index in [-0.39, 0.29) is 0 Å². The van der Waals surface area contributed by atoms with Crippen LogP contribution in [0.4, 0.5) is 5.88 Å². The monoisotopic (exact) mass is 202 g/mol. The van der Waals surface area contributed by atoms with E-state index in [1.807, 2.05) is 6.92 Å². The maximum Gasteiger partial charge on any atom is 0.230 e. The summed E-state index contributed by atoms with van der Waals surface area (Å²) in [5, 5.41) is 3.86. The quantitative estimate of drug-likeness (QED) is 0.773. The number of aryl methyl sites for hydroxylation is 3. The lowest BCUT2D eigenvalue weighted by Crippen LogP contribution is -1.90. The second kappa shape index (κ2) is 3.42. The molecule has 0 aliphatic rings. The van der Waals surface area contributed by atoms with Gasteiger partial charge in [0.25, 0.3) is 0 Å². The molecule has 0 bridgehead atoms. The highest BCUT2D eigenvalue weighted by atomic mass is 16.5. The van der Waals surface area contributed by atoms with Gasteiger partial charge in [-0.25, -0.2) is 0 Å². The van der Waals surface area contributed by atoms with Crippen LogP contribution in [0.25, 0.3) is 11.1 Å². The van der Waals surface area contributed by atoms with Gasteiger partial charge in [-0.3, -0.25) is 0 Å². The van der Waals surface area contributed by atoms with E-state index in [0.29, 0.717) is 5.88 Å². The van der Waals surface area contributed by atoms with Crippen molar-refractivity contribution >= 4 is 5.88 Å². The van der Waals surface area contributed by atoms with Crippen LogP contribution >= 0.6 is 0 Å². The molecule has 0 aliphatic heterocycles. The SMILES string of the molecule is Cc1ccc(-c2c(C)noc2N)c(C)c1. The Balaban J connectivity index is 2.64. The molecule has 1 heterocycles. The molecule has 1 aromatic heterocycles. The molecule has 0 aliphatic carbocycles. The second-order valence-electron chi connectivity index (χ2n) is 3.83. The van der Waals surface area contributed by atoms with Crippen molar-refractivity contribution in [1.82, 2.24) is 5.16 Å². The predicted octanol–water partition coefficient (Wildman–Crippen LogP) is 2.85. The van der Waals surface area contributed by atoms with Crippen LogP contribution in [0.15, 0.2) is 22.7 Å². The van der Waals surface area contributed by atoms with Gasteiger partial charge in [0, 0.05) is 0 Å². The average molecular weight is 202 g/mol. The van der Waals surface area contributed by atoms with Crippen molar-refractivity contribution in [2.24, 2.45) is 0 Å². The molecule has 3 heteroatoms. The summed E-state index contributed by atoms with van der Waals surface area (Å²) in [4.78, 5) is 0. The van der Waals surface area contributed by atoms with Gasteiger partial charge in [0.2, 0.25) is 5.88 Å². The molecule has 0 saturated heterocycles. The Morgan fingerprint density at radius 3 is 2.47 bits per heavy atom. The standard InChI is InChI=1S/C12H14N2O/c1-7-4-5-10(8(2)6-7)11-9(3)14-15-12(11)13/h4-6H,13H2,1-3H3. The molecule has 0 saturated carbocycles. The summed E-state index contributed by atoms with van der Waals surface area (Å²) in [6, 6.07) is 6.25. The number of hydrogen-bond donors (Lipinski definition) is 1. The van der Waals surface area contributed by atoms with Gasteiger partial charge in [-0.05, 0) is 31.9 Å². The first-order valence-corrected chi connectivity index (χ1v) is 4.89. The Kier molecular flexibility index (Phi) is 2.23. The molecule has 2 aromatic rings. The zero-order chi connectivity index (χ0) is 11.0. The van der Waals surface area contributed by atoms with Crippen molar-refractivity contribution in [1.29, 1.82) is 0 Å². The van der Waals surface area contributed by atoms with Crippen LogP contribution in [0, 0.1) is 20.8 Å². The van der Waals surface area contributed by atoms with E-state index < -0.39 is 0 Å². The highest BCUT2D eigenvalue weighted by Gasteiger charge is 2.13. The molecule has 0 radical (unpaired) electrons. The molecule has 78 valence electrons. The summed E-state index contributed by atoms with van der Waals surface area (Å²) in [6.45, 7) is 6.03. The van der Waals surface area contributed by atoms with Crippen LogP contribution in [-0.4, -0.2) is 5.16 Å². The van der Waals surface area contributed by atoms with E-state index in [2.05, 4.69) is 37.2 Å². The largest absolute Gasteiger partial charge is 0.367 e. The van der Waals surface area contributed by atoms with Gasteiger partial charge in [-0.1, -0.05) is 28.9 Å². The van der Waals surface area contributed by atoms with Crippen molar-refractivity contribution in [3.8, 4) is 11.1 Å². The van der Waals surface area contributed by atoms with Crippen LogP contribution < -0.4 is 5.73 Å². The van der Waals surface area contributed by atoms with Gasteiger partial charge in [0.1, 0.15) is 0 Å². The Morgan fingerprint density at radius 2 is 1.93 bits per heavy atom. The van der Waals surface area contributed by atoms with Crippen LogP contribution in [0.1, 0.15) is 16.8 Å². The smallest absolute Gasteiger partial charge is 0.230 e. The molecule has 2 rings (SSSR count). The Hall–Kier alpha value is -1.77. The van der Waals surface area contributed by atoms with Crippen molar-refractivity contribution in [2.75, 3.05) is 5.73 Å². The molecule has 0 amide bonds. The van der Waals surface area contributed by atoms with Gasteiger partial charge in [0.05, 0.1) is 11.3 Å². The lowest BCUT2D eigenvalue weighted by atomic mass is 9.99. The predicted molar refractivity (Wildman–Crippen MR) is 60.6 cm³/mol. The third-order valence-corrected chi connectivity index (χ3v) is 2.54. The number of nitrogens with two attached hydrogens (primary N) is 1. The maximum absolute atomic E-state index is 5.75. The molecule has 3 nitrogen and oxygen atoms in total. The van der Waals surface area contributed by atoms with Crippen molar-refractivity contribution < 1.29 is 4.52 Å². The lowest BCUT2D eigenvalue weighted by molar-refractivity contribution is 0.431. The van der Waals surface area contributed by atoms with Gasteiger partial charge < -0.3 is 10.3 Å². The minimum atomic E-state index is 0.388. The van der Waals surface area contributed by atoms with Gasteiger partial charge in [-0.2, -0.15) is 0 Å². The molecular weight excluding hydrogens is 188 g/mol. The molecule has 0 fully saturated rings. The molecule has 1 aromatic carbocycles. The van der Waals surface area contributed by atoms with E-state index in [4.69, 9.17) is 10.3 Å². The van der Waals surface area contributed by atoms with Crippen LogP contribution in [0.2, 0.25) is 0 Å². The first-order valence-electron chi connectivity index (χ1n) is 4.89. The zero-order valence-electron chi connectivity index (χ0n) is 9.16. The minimum absolute atomic E-state index is 0.388. The summed E-state index contributed by atoms with van der Waals surface area (Å²) < 4.78 is 4.96. The van der Waals surface area contributed by atoms with E-state index in [1.54, 1.807) is 0 Å². The highest BCUT2D eigenvalue weighted by Crippen LogP contribution is 2.31. The third-order valence-electron chi connectivity index (χ3n) is 2.54. The minimum Gasteiger partial charge on any atom is -0.367 e. The summed E-state index contributed by atoms with van der Waals surface area (Å²) in [6.07, 6.45) is 0. The van der Waals surface area contributed by atoms with Crippen LogP contribution in [0.5, 0.6) is 0 Å². The third kappa shape index (κ3) is 1.61. The fraction of sp³-hybridized carbons (Fsp3) is 0.250. The molecule has 0 spiro atoms. The normalized spacial score (nSPS) is 10.6. The molecular formula is C12H14N2O. The van der Waals surface area contributed by atoms with Crippen LogP contribution in [-0.2, 0) is 0 Å². The first kappa shape index (κ1) is 9.77. The fourth-order valence-corrected chi connectivity index (χ4v) is 1.81. The van der Waals surface area contributed by atoms with E-state index in [1.165, 1.54) is 11.1 Å². The number of nitrogen functional groups attached to an aromatic ring is 1. The maximum atomic E-state index is 5.75. The second-order valence-corrected chi connectivity index (χ2v) is 3.83. The van der Waals surface area contributed by atoms with Crippen LogP contribution in [0.3, 0.4) is 0 Å².